The number of carbonyl (C=O) groups is 1. The Balaban J connectivity index is 1.79. The van der Waals surface area contributed by atoms with Crippen molar-refractivity contribution in [3.63, 3.8) is 0 Å². The van der Waals surface area contributed by atoms with E-state index in [0.717, 1.165) is 35.8 Å². The van der Waals surface area contributed by atoms with Crippen LogP contribution in [-0.2, 0) is 10.0 Å². The molecule has 1 saturated heterocycles. The van der Waals surface area contributed by atoms with Crippen molar-refractivity contribution in [2.45, 2.75) is 12.5 Å². The number of carbonyl (C=O) groups excluding carboxylic acids is 1. The minimum absolute atomic E-state index is 0.0746. The zero-order valence-corrected chi connectivity index (χ0v) is 15.3. The average Bonchev–Trinajstić information content (AvgIpc) is 3.14. The highest BCUT2D eigenvalue weighted by molar-refractivity contribution is 7.88. The minimum atomic E-state index is -3.28. The molecule has 0 radical (unpaired) electrons. The van der Waals surface area contributed by atoms with Crippen LogP contribution in [0.2, 0.25) is 0 Å². The van der Waals surface area contributed by atoms with E-state index < -0.39 is 33.0 Å². The Morgan fingerprint density at radius 2 is 2.04 bits per heavy atom. The molecule has 0 spiro atoms. The molecule has 2 heterocycles. The van der Waals surface area contributed by atoms with Gasteiger partial charge in [0.25, 0.3) is 0 Å². The zero-order valence-electron chi connectivity index (χ0n) is 13.7. The van der Waals surface area contributed by atoms with Gasteiger partial charge in [-0.25, -0.2) is 26.5 Å². The maximum absolute atomic E-state index is 13.8. The highest BCUT2D eigenvalue weighted by Crippen LogP contribution is 2.30. The summed E-state index contributed by atoms with van der Waals surface area (Å²) in [5.41, 5.74) is 5.06. The van der Waals surface area contributed by atoms with Crippen LogP contribution < -0.4 is 11.1 Å². The normalized spacial score (nSPS) is 18.2. The molecule has 1 aromatic heterocycles. The first-order valence-corrected chi connectivity index (χ1v) is 10.3. The number of nitrogens with zero attached hydrogens (tertiary/aromatic N) is 2. The number of benzene rings is 1. The highest BCUT2D eigenvalue weighted by atomic mass is 32.2. The van der Waals surface area contributed by atoms with E-state index in [1.54, 1.807) is 0 Å². The van der Waals surface area contributed by atoms with E-state index in [2.05, 4.69) is 10.3 Å². The standard InChI is InChI=1S/C15H16F2N4O3S2/c1-26(23,24)21-6-5-8(7-21)19-15-20-14(18)13(25-15)12(22)11-9(16)3-2-4-10(11)17/h2-4,8H,5-7,18H2,1H3,(H,19,20). The van der Waals surface area contributed by atoms with E-state index >= 15 is 0 Å². The maximum Gasteiger partial charge on any atom is 0.212 e. The number of thiazole rings is 1. The first-order valence-electron chi connectivity index (χ1n) is 7.63. The summed E-state index contributed by atoms with van der Waals surface area (Å²) in [7, 11) is -3.28. The highest BCUT2D eigenvalue weighted by Gasteiger charge is 2.30. The van der Waals surface area contributed by atoms with Crippen LogP contribution in [0.25, 0.3) is 0 Å². The fourth-order valence-corrected chi connectivity index (χ4v) is 4.50. The molecule has 26 heavy (non-hydrogen) atoms. The fourth-order valence-electron chi connectivity index (χ4n) is 2.71. The Morgan fingerprint density at radius 1 is 1.38 bits per heavy atom. The quantitative estimate of drug-likeness (QED) is 0.738. The number of halogens is 2. The lowest BCUT2D eigenvalue weighted by Crippen LogP contribution is -2.30. The molecule has 7 nitrogen and oxygen atoms in total. The van der Waals surface area contributed by atoms with Crippen molar-refractivity contribution < 1.29 is 22.0 Å². The SMILES string of the molecule is CS(=O)(=O)N1CCC(Nc2nc(N)c(C(=O)c3c(F)cccc3F)s2)C1. The molecule has 11 heteroatoms. The fraction of sp³-hybridized carbons (Fsp3) is 0.333. The maximum atomic E-state index is 13.8. The first kappa shape index (κ1) is 18.7. The number of hydrogen-bond acceptors (Lipinski definition) is 7. The summed E-state index contributed by atoms with van der Waals surface area (Å²) < 4.78 is 52.1. The number of anilines is 2. The third-order valence-electron chi connectivity index (χ3n) is 4.00. The number of aromatic nitrogens is 1. The van der Waals surface area contributed by atoms with Crippen molar-refractivity contribution in [3.05, 3.63) is 40.3 Å². The van der Waals surface area contributed by atoms with E-state index in [0.29, 0.717) is 18.1 Å². The van der Waals surface area contributed by atoms with E-state index in [1.165, 1.54) is 4.31 Å². The monoisotopic (exact) mass is 402 g/mol. The number of nitrogens with one attached hydrogen (secondary N) is 1. The molecule has 0 aliphatic carbocycles. The minimum Gasteiger partial charge on any atom is -0.382 e. The van der Waals surface area contributed by atoms with Gasteiger partial charge in [-0.1, -0.05) is 17.4 Å². The van der Waals surface area contributed by atoms with Gasteiger partial charge in [-0.2, -0.15) is 0 Å². The van der Waals surface area contributed by atoms with Crippen molar-refractivity contribution in [2.75, 3.05) is 30.4 Å². The van der Waals surface area contributed by atoms with Crippen molar-refractivity contribution in [2.24, 2.45) is 0 Å². The van der Waals surface area contributed by atoms with Crippen molar-refractivity contribution in [1.82, 2.24) is 9.29 Å². The van der Waals surface area contributed by atoms with Crippen LogP contribution in [0.1, 0.15) is 21.7 Å². The Bertz CT molecular complexity index is 942. The van der Waals surface area contributed by atoms with E-state index in [1.807, 2.05) is 0 Å². The van der Waals surface area contributed by atoms with Gasteiger partial charge in [0.2, 0.25) is 15.8 Å². The van der Waals surface area contributed by atoms with Crippen LogP contribution in [-0.4, -0.2) is 48.9 Å². The summed E-state index contributed by atoms with van der Waals surface area (Å²) in [5.74, 6) is -2.97. The molecule has 1 aliphatic rings. The molecule has 0 amide bonds. The van der Waals surface area contributed by atoms with E-state index in [-0.39, 0.29) is 23.3 Å². The number of nitrogens with two attached hydrogens (primary N) is 1. The lowest BCUT2D eigenvalue weighted by Gasteiger charge is -2.13. The third kappa shape index (κ3) is 3.69. The van der Waals surface area contributed by atoms with Crippen molar-refractivity contribution in [3.8, 4) is 0 Å². The third-order valence-corrected chi connectivity index (χ3v) is 6.27. The molecule has 1 fully saturated rings. The molecule has 0 bridgehead atoms. The molecule has 1 aromatic carbocycles. The van der Waals surface area contributed by atoms with Crippen LogP contribution in [0, 0.1) is 11.6 Å². The Labute approximate surface area is 152 Å². The van der Waals surface area contributed by atoms with E-state index in [9.17, 15) is 22.0 Å². The van der Waals surface area contributed by atoms with Gasteiger partial charge in [-0.3, -0.25) is 4.79 Å². The summed E-state index contributed by atoms with van der Waals surface area (Å²) in [6.07, 6.45) is 1.70. The van der Waals surface area contributed by atoms with Gasteiger partial charge in [-0.05, 0) is 18.6 Å². The first-order chi connectivity index (χ1) is 12.2. The smallest absolute Gasteiger partial charge is 0.212 e. The van der Waals surface area contributed by atoms with Crippen molar-refractivity contribution >= 4 is 38.1 Å². The topological polar surface area (TPSA) is 105 Å². The second-order valence-corrected chi connectivity index (χ2v) is 8.89. The Hall–Kier alpha value is -2.11. The number of ketones is 1. The average molecular weight is 402 g/mol. The number of sulfonamides is 1. The summed E-state index contributed by atoms with van der Waals surface area (Å²) in [6.45, 7) is 0.646. The molecule has 3 N–H and O–H groups in total. The van der Waals surface area contributed by atoms with Crippen molar-refractivity contribution in [1.29, 1.82) is 0 Å². The predicted molar refractivity (Wildman–Crippen MR) is 94.8 cm³/mol. The lowest BCUT2D eigenvalue weighted by molar-refractivity contribution is 0.103. The Morgan fingerprint density at radius 3 is 2.62 bits per heavy atom. The van der Waals surface area contributed by atoms with Crippen LogP contribution in [0.3, 0.4) is 0 Å². The van der Waals surface area contributed by atoms with Crippen LogP contribution in [0.15, 0.2) is 18.2 Å². The number of rotatable bonds is 5. The van der Waals surface area contributed by atoms with Crippen LogP contribution >= 0.6 is 11.3 Å². The van der Waals surface area contributed by atoms with Gasteiger partial charge in [0.05, 0.1) is 11.8 Å². The molecular formula is C15H16F2N4O3S2. The Kier molecular flexibility index (Phi) is 4.95. The molecular weight excluding hydrogens is 386 g/mol. The van der Waals surface area contributed by atoms with Crippen LogP contribution in [0.5, 0.6) is 0 Å². The molecule has 140 valence electrons. The molecule has 2 aromatic rings. The predicted octanol–water partition coefficient (Wildman–Crippen LogP) is 1.68. The largest absolute Gasteiger partial charge is 0.382 e. The molecule has 0 saturated carbocycles. The molecule has 1 unspecified atom stereocenters. The van der Waals surface area contributed by atoms with E-state index in [4.69, 9.17) is 5.73 Å². The van der Waals surface area contributed by atoms with Crippen LogP contribution in [0.4, 0.5) is 19.7 Å². The van der Waals surface area contributed by atoms with Gasteiger partial charge in [-0.15, -0.1) is 0 Å². The summed E-state index contributed by atoms with van der Waals surface area (Å²) >= 11 is 0.877. The molecule has 3 rings (SSSR count). The number of nitrogen functional groups attached to an aromatic ring is 1. The zero-order chi connectivity index (χ0) is 19.1. The van der Waals surface area contributed by atoms with Gasteiger partial charge in [0.15, 0.2) is 5.13 Å². The second kappa shape index (κ2) is 6.89. The summed E-state index contributed by atoms with van der Waals surface area (Å²) in [5, 5.41) is 3.32. The summed E-state index contributed by atoms with van der Waals surface area (Å²) in [4.78, 5) is 16.4. The summed E-state index contributed by atoms with van der Waals surface area (Å²) in [6, 6.07) is 2.96. The van der Waals surface area contributed by atoms with Gasteiger partial charge in [0, 0.05) is 19.1 Å². The lowest BCUT2D eigenvalue weighted by atomic mass is 10.1. The second-order valence-electron chi connectivity index (χ2n) is 5.91. The molecule has 1 aliphatic heterocycles. The van der Waals surface area contributed by atoms with Gasteiger partial charge in [0.1, 0.15) is 22.3 Å². The number of hydrogen-bond donors (Lipinski definition) is 2. The van der Waals surface area contributed by atoms with Gasteiger partial charge < -0.3 is 11.1 Å². The van der Waals surface area contributed by atoms with Gasteiger partial charge >= 0.3 is 0 Å². The molecule has 1 atom stereocenters.